The molecule has 8 heteroatoms. The van der Waals surface area contributed by atoms with Gasteiger partial charge in [-0.25, -0.2) is 14.1 Å². The monoisotopic (exact) mass is 354 g/mol. The van der Waals surface area contributed by atoms with E-state index < -0.39 is 0 Å². The highest BCUT2D eigenvalue weighted by Gasteiger charge is 2.24. The minimum Gasteiger partial charge on any atom is -0.377 e. The Balaban J connectivity index is 1.50. The van der Waals surface area contributed by atoms with Gasteiger partial charge in [-0.05, 0) is 49.2 Å². The molecule has 0 spiro atoms. The summed E-state index contributed by atoms with van der Waals surface area (Å²) >= 11 is 0. The van der Waals surface area contributed by atoms with Gasteiger partial charge in [-0.15, -0.1) is 10.2 Å². The van der Waals surface area contributed by atoms with Gasteiger partial charge in [-0.2, -0.15) is 5.10 Å². The second kappa shape index (κ2) is 7.17. The Labute approximate surface area is 150 Å². The fraction of sp³-hybridized carbons (Fsp3) is 0.333. The largest absolute Gasteiger partial charge is 0.377 e. The van der Waals surface area contributed by atoms with E-state index >= 15 is 0 Å². The van der Waals surface area contributed by atoms with E-state index in [2.05, 4.69) is 25.6 Å². The quantitative estimate of drug-likeness (QED) is 0.759. The summed E-state index contributed by atoms with van der Waals surface area (Å²) in [4.78, 5) is 4.57. The summed E-state index contributed by atoms with van der Waals surface area (Å²) in [6.45, 7) is 1.26. The number of aryl methyl sites for hydroxylation is 1. The SMILES string of the molecule is COCc1nc2n(n1)CCCC2Nc1ccc(-c2ccc(F)cc2)nn1. The van der Waals surface area contributed by atoms with Crippen LogP contribution in [0.1, 0.15) is 30.5 Å². The highest BCUT2D eigenvalue weighted by Crippen LogP contribution is 2.27. The third-order valence-corrected chi connectivity index (χ3v) is 4.32. The average Bonchev–Trinajstić information content (AvgIpc) is 3.07. The molecule has 0 saturated carbocycles. The van der Waals surface area contributed by atoms with Gasteiger partial charge in [0.25, 0.3) is 0 Å². The molecule has 4 rings (SSSR count). The van der Waals surface area contributed by atoms with E-state index in [4.69, 9.17) is 4.74 Å². The molecule has 3 aromatic rings. The smallest absolute Gasteiger partial charge is 0.176 e. The normalized spacial score (nSPS) is 16.3. The van der Waals surface area contributed by atoms with Crippen LogP contribution in [-0.4, -0.2) is 32.1 Å². The molecule has 1 unspecified atom stereocenters. The minimum absolute atomic E-state index is 0.0350. The summed E-state index contributed by atoms with van der Waals surface area (Å²) in [6.07, 6.45) is 1.97. The lowest BCUT2D eigenvalue weighted by Crippen LogP contribution is -2.23. The lowest BCUT2D eigenvalue weighted by atomic mass is 10.1. The van der Waals surface area contributed by atoms with Crippen LogP contribution in [0.25, 0.3) is 11.3 Å². The van der Waals surface area contributed by atoms with Crippen molar-refractivity contribution in [2.45, 2.75) is 32.0 Å². The van der Waals surface area contributed by atoms with E-state index in [-0.39, 0.29) is 11.9 Å². The zero-order chi connectivity index (χ0) is 17.9. The van der Waals surface area contributed by atoms with Crippen LogP contribution in [0.15, 0.2) is 36.4 Å². The molecule has 1 aliphatic rings. The van der Waals surface area contributed by atoms with Crippen molar-refractivity contribution in [3.8, 4) is 11.3 Å². The zero-order valence-corrected chi connectivity index (χ0v) is 14.4. The maximum Gasteiger partial charge on any atom is 0.176 e. The van der Waals surface area contributed by atoms with Gasteiger partial charge in [0.2, 0.25) is 0 Å². The molecule has 7 nitrogen and oxygen atoms in total. The molecule has 26 heavy (non-hydrogen) atoms. The Bertz CT molecular complexity index is 878. The number of hydrogen-bond donors (Lipinski definition) is 1. The summed E-state index contributed by atoms with van der Waals surface area (Å²) in [5, 5.41) is 16.3. The predicted molar refractivity (Wildman–Crippen MR) is 93.8 cm³/mol. The number of fused-ring (bicyclic) bond motifs is 1. The summed E-state index contributed by atoms with van der Waals surface area (Å²) < 4.78 is 20.1. The van der Waals surface area contributed by atoms with Crippen LogP contribution < -0.4 is 5.32 Å². The van der Waals surface area contributed by atoms with E-state index in [1.807, 2.05) is 16.8 Å². The predicted octanol–water partition coefficient (Wildman–Crippen LogP) is 2.97. The van der Waals surface area contributed by atoms with E-state index in [0.717, 1.165) is 30.8 Å². The number of halogens is 1. The maximum atomic E-state index is 13.0. The van der Waals surface area contributed by atoms with Crippen molar-refractivity contribution < 1.29 is 9.13 Å². The van der Waals surface area contributed by atoms with Crippen LogP contribution in [0, 0.1) is 5.82 Å². The Kier molecular flexibility index (Phi) is 4.57. The van der Waals surface area contributed by atoms with Crippen LogP contribution in [-0.2, 0) is 17.9 Å². The van der Waals surface area contributed by atoms with E-state index in [0.29, 0.717) is 23.9 Å². The Morgan fingerprint density at radius 3 is 2.77 bits per heavy atom. The van der Waals surface area contributed by atoms with Gasteiger partial charge >= 0.3 is 0 Å². The van der Waals surface area contributed by atoms with Gasteiger partial charge in [0.05, 0.1) is 11.7 Å². The summed E-state index contributed by atoms with van der Waals surface area (Å²) in [6, 6.07) is 9.98. The molecule has 0 radical (unpaired) electrons. The topological polar surface area (TPSA) is 77.8 Å². The first kappa shape index (κ1) is 16.6. The van der Waals surface area contributed by atoms with Crippen LogP contribution >= 0.6 is 0 Å². The molecule has 1 aliphatic heterocycles. The Morgan fingerprint density at radius 1 is 1.19 bits per heavy atom. The molecule has 0 saturated heterocycles. The van der Waals surface area contributed by atoms with Gasteiger partial charge in [0, 0.05) is 19.2 Å². The minimum atomic E-state index is -0.269. The molecule has 134 valence electrons. The molecule has 2 aromatic heterocycles. The lowest BCUT2D eigenvalue weighted by Gasteiger charge is -2.23. The van der Waals surface area contributed by atoms with Crippen LogP contribution in [0.3, 0.4) is 0 Å². The number of aromatic nitrogens is 5. The number of ether oxygens (including phenoxy) is 1. The van der Waals surface area contributed by atoms with E-state index in [9.17, 15) is 4.39 Å². The van der Waals surface area contributed by atoms with E-state index in [1.54, 1.807) is 19.2 Å². The maximum absolute atomic E-state index is 13.0. The van der Waals surface area contributed by atoms with Gasteiger partial charge in [-0.1, -0.05) is 0 Å². The van der Waals surface area contributed by atoms with Crippen molar-refractivity contribution in [2.24, 2.45) is 0 Å². The number of methoxy groups -OCH3 is 1. The summed E-state index contributed by atoms with van der Waals surface area (Å²) in [7, 11) is 1.63. The first-order chi connectivity index (χ1) is 12.7. The van der Waals surface area contributed by atoms with Crippen LogP contribution in [0.4, 0.5) is 10.2 Å². The number of anilines is 1. The molecule has 0 fully saturated rings. The van der Waals surface area contributed by atoms with Crippen molar-refractivity contribution in [3.05, 3.63) is 53.9 Å². The first-order valence-corrected chi connectivity index (χ1v) is 8.51. The molecular formula is C18H19FN6O. The highest BCUT2D eigenvalue weighted by molar-refractivity contribution is 5.59. The highest BCUT2D eigenvalue weighted by atomic mass is 19.1. The van der Waals surface area contributed by atoms with Crippen LogP contribution in [0.5, 0.6) is 0 Å². The number of hydrogen-bond acceptors (Lipinski definition) is 6. The second-order valence-corrected chi connectivity index (χ2v) is 6.19. The van der Waals surface area contributed by atoms with Gasteiger partial charge in [-0.3, -0.25) is 0 Å². The average molecular weight is 354 g/mol. The first-order valence-electron chi connectivity index (χ1n) is 8.51. The Morgan fingerprint density at radius 2 is 2.04 bits per heavy atom. The molecule has 1 N–H and O–H groups in total. The number of benzene rings is 1. The summed E-state index contributed by atoms with van der Waals surface area (Å²) in [5.74, 6) is 1.99. The van der Waals surface area contributed by atoms with E-state index in [1.165, 1.54) is 12.1 Å². The molecular weight excluding hydrogens is 335 g/mol. The second-order valence-electron chi connectivity index (χ2n) is 6.19. The fourth-order valence-electron chi connectivity index (χ4n) is 3.09. The molecule has 1 aromatic carbocycles. The van der Waals surface area contributed by atoms with Crippen molar-refractivity contribution >= 4 is 5.82 Å². The molecule has 0 amide bonds. The fourth-order valence-corrected chi connectivity index (χ4v) is 3.09. The zero-order valence-electron chi connectivity index (χ0n) is 14.4. The van der Waals surface area contributed by atoms with Gasteiger partial charge in [0.15, 0.2) is 5.82 Å². The lowest BCUT2D eigenvalue weighted by molar-refractivity contribution is 0.177. The van der Waals surface area contributed by atoms with Crippen LogP contribution in [0.2, 0.25) is 0 Å². The molecule has 0 aliphatic carbocycles. The van der Waals surface area contributed by atoms with Crippen molar-refractivity contribution in [3.63, 3.8) is 0 Å². The number of nitrogens with zero attached hydrogens (tertiary/aromatic N) is 5. The number of rotatable bonds is 5. The molecule has 3 heterocycles. The van der Waals surface area contributed by atoms with Gasteiger partial charge < -0.3 is 10.1 Å². The molecule has 0 bridgehead atoms. The Hall–Kier alpha value is -2.87. The third-order valence-electron chi connectivity index (χ3n) is 4.32. The molecule has 1 atom stereocenters. The standard InChI is InChI=1S/C18H19FN6O/c1-26-11-17-21-18-15(3-2-10-25(18)24-17)20-16-9-8-14(22-23-16)12-4-6-13(19)7-5-12/h4-9,15H,2-3,10-11H2,1H3,(H,20,23). The third kappa shape index (κ3) is 3.41. The number of nitrogens with one attached hydrogen (secondary N) is 1. The van der Waals surface area contributed by atoms with Crippen molar-refractivity contribution in [1.29, 1.82) is 0 Å². The van der Waals surface area contributed by atoms with Gasteiger partial charge in [0.1, 0.15) is 24.1 Å². The van der Waals surface area contributed by atoms with Crippen molar-refractivity contribution in [2.75, 3.05) is 12.4 Å². The summed E-state index contributed by atoms with van der Waals surface area (Å²) in [5.41, 5.74) is 1.52. The van der Waals surface area contributed by atoms with Crippen molar-refractivity contribution in [1.82, 2.24) is 25.0 Å².